The summed E-state index contributed by atoms with van der Waals surface area (Å²) in [6.07, 6.45) is 0. The largest absolute Gasteiger partial charge is 0.487 e. The van der Waals surface area contributed by atoms with Gasteiger partial charge in [0, 0.05) is 15.8 Å². The molecule has 0 fully saturated rings. The van der Waals surface area contributed by atoms with Gasteiger partial charge in [-0.05, 0) is 19.1 Å². The second kappa shape index (κ2) is 5.89. The van der Waals surface area contributed by atoms with E-state index in [1.807, 2.05) is 36.4 Å². The Hall–Kier alpha value is -1.25. The van der Waals surface area contributed by atoms with Gasteiger partial charge in [-0.1, -0.05) is 35.9 Å². The van der Waals surface area contributed by atoms with Crippen molar-refractivity contribution in [1.29, 1.82) is 0 Å². The number of hydrogen-bond acceptors (Lipinski definition) is 1. The van der Waals surface area contributed by atoms with Gasteiger partial charge >= 0.3 is 0 Å². The fourth-order valence-electron chi connectivity index (χ4n) is 1.82. The molecule has 17 heavy (non-hydrogen) atoms. The van der Waals surface area contributed by atoms with Crippen molar-refractivity contribution < 1.29 is 10.1 Å². The molecule has 3 heteroatoms. The van der Waals surface area contributed by atoms with Crippen LogP contribution in [-0.2, 0) is 0 Å². The number of benzene rings is 2. The van der Waals surface area contributed by atoms with Crippen LogP contribution in [0.15, 0.2) is 36.4 Å². The van der Waals surface area contributed by atoms with Gasteiger partial charge in [0.1, 0.15) is 18.9 Å². The number of halogens is 1. The van der Waals surface area contributed by atoms with Crippen LogP contribution in [0.4, 0.5) is 0 Å². The Kier molecular flexibility index (Phi) is 4.24. The van der Waals surface area contributed by atoms with Crippen LogP contribution in [0.25, 0.3) is 10.8 Å². The summed E-state index contributed by atoms with van der Waals surface area (Å²) in [5, 5.41) is 5.12. The maximum atomic E-state index is 6.15. The van der Waals surface area contributed by atoms with E-state index in [0.29, 0.717) is 0 Å². The van der Waals surface area contributed by atoms with Gasteiger partial charge in [-0.2, -0.15) is 0 Å². The summed E-state index contributed by atoms with van der Waals surface area (Å²) in [4.78, 5) is 0. The van der Waals surface area contributed by atoms with Crippen LogP contribution in [0.3, 0.4) is 0 Å². The van der Waals surface area contributed by atoms with E-state index in [1.165, 1.54) is 0 Å². The molecule has 0 amide bonds. The Morgan fingerprint density at radius 1 is 1.12 bits per heavy atom. The van der Waals surface area contributed by atoms with Crippen LogP contribution in [0.2, 0.25) is 5.02 Å². The average Bonchev–Trinajstić information content (AvgIpc) is 2.37. The lowest BCUT2D eigenvalue weighted by molar-refractivity contribution is -0.652. The minimum absolute atomic E-state index is 0.722. The standard InChI is InChI=1S/C14H16ClNO/c1-2-16-9-10-17-14-8-7-13(15)11-5-3-4-6-12(11)14/h3-8,16H,2,9-10H2,1H3/p+1. The number of rotatable bonds is 5. The van der Waals surface area contributed by atoms with Gasteiger partial charge in [-0.15, -0.1) is 0 Å². The molecule has 0 aliphatic rings. The zero-order chi connectivity index (χ0) is 12.1. The molecule has 0 saturated heterocycles. The molecule has 2 aromatic carbocycles. The molecule has 0 aromatic heterocycles. The highest BCUT2D eigenvalue weighted by molar-refractivity contribution is 6.35. The molecule has 0 heterocycles. The van der Waals surface area contributed by atoms with E-state index in [0.717, 1.165) is 41.2 Å². The van der Waals surface area contributed by atoms with Gasteiger partial charge in [0.05, 0.1) is 6.54 Å². The summed E-state index contributed by atoms with van der Waals surface area (Å²) in [6, 6.07) is 11.9. The van der Waals surface area contributed by atoms with Crippen LogP contribution >= 0.6 is 11.6 Å². The van der Waals surface area contributed by atoms with Gasteiger partial charge in [0.25, 0.3) is 0 Å². The Labute approximate surface area is 107 Å². The fourth-order valence-corrected chi connectivity index (χ4v) is 2.04. The maximum absolute atomic E-state index is 6.15. The van der Waals surface area contributed by atoms with E-state index >= 15 is 0 Å². The van der Waals surface area contributed by atoms with E-state index in [1.54, 1.807) is 0 Å². The smallest absolute Gasteiger partial charge is 0.137 e. The molecule has 2 aromatic rings. The van der Waals surface area contributed by atoms with Crippen LogP contribution in [0.5, 0.6) is 5.75 Å². The lowest BCUT2D eigenvalue weighted by atomic mass is 10.1. The van der Waals surface area contributed by atoms with Gasteiger partial charge in [-0.3, -0.25) is 0 Å². The minimum atomic E-state index is 0.722. The van der Waals surface area contributed by atoms with E-state index in [2.05, 4.69) is 12.2 Å². The summed E-state index contributed by atoms with van der Waals surface area (Å²) < 4.78 is 5.79. The van der Waals surface area contributed by atoms with Gasteiger partial charge < -0.3 is 10.1 Å². The van der Waals surface area contributed by atoms with Gasteiger partial charge in [0.15, 0.2) is 0 Å². The highest BCUT2D eigenvalue weighted by atomic mass is 35.5. The molecule has 0 unspecified atom stereocenters. The average molecular weight is 251 g/mol. The summed E-state index contributed by atoms with van der Waals surface area (Å²) in [5.41, 5.74) is 0. The second-order valence-corrected chi connectivity index (χ2v) is 4.33. The zero-order valence-corrected chi connectivity index (χ0v) is 10.7. The van der Waals surface area contributed by atoms with E-state index in [9.17, 15) is 0 Å². The van der Waals surface area contributed by atoms with Gasteiger partial charge in [0.2, 0.25) is 0 Å². The van der Waals surface area contributed by atoms with E-state index in [4.69, 9.17) is 16.3 Å². The molecule has 90 valence electrons. The first kappa shape index (κ1) is 12.2. The molecule has 0 saturated carbocycles. The molecule has 2 N–H and O–H groups in total. The molecule has 0 atom stereocenters. The van der Waals surface area contributed by atoms with Crippen molar-refractivity contribution in [3.63, 3.8) is 0 Å². The number of ether oxygens (including phenoxy) is 1. The van der Waals surface area contributed by atoms with Gasteiger partial charge in [-0.25, -0.2) is 0 Å². The third-order valence-corrected chi connectivity index (χ3v) is 3.03. The van der Waals surface area contributed by atoms with Crippen LogP contribution < -0.4 is 10.1 Å². The Balaban J connectivity index is 2.20. The molecular formula is C14H17ClNO+. The highest BCUT2D eigenvalue weighted by Gasteiger charge is 2.04. The quantitative estimate of drug-likeness (QED) is 0.811. The Bertz CT molecular complexity index is 499. The molecular weight excluding hydrogens is 234 g/mol. The van der Waals surface area contributed by atoms with Crippen LogP contribution in [0.1, 0.15) is 6.92 Å². The summed E-state index contributed by atoms with van der Waals surface area (Å²) in [5.74, 6) is 0.912. The third-order valence-electron chi connectivity index (χ3n) is 2.70. The molecule has 0 aliphatic heterocycles. The SMILES string of the molecule is CC[NH2+]CCOc1ccc(Cl)c2ccccc12. The summed E-state index contributed by atoms with van der Waals surface area (Å²) >= 11 is 6.15. The van der Waals surface area contributed by atoms with Crippen LogP contribution in [0, 0.1) is 0 Å². The lowest BCUT2D eigenvalue weighted by Gasteiger charge is -2.09. The van der Waals surface area contributed by atoms with E-state index < -0.39 is 0 Å². The molecule has 0 bridgehead atoms. The van der Waals surface area contributed by atoms with Crippen molar-refractivity contribution in [2.45, 2.75) is 6.92 Å². The minimum Gasteiger partial charge on any atom is -0.487 e. The van der Waals surface area contributed by atoms with Crippen LogP contribution in [-0.4, -0.2) is 19.7 Å². The fraction of sp³-hybridized carbons (Fsp3) is 0.286. The number of hydrogen-bond donors (Lipinski definition) is 1. The van der Waals surface area contributed by atoms with Crippen molar-refractivity contribution in [3.05, 3.63) is 41.4 Å². The zero-order valence-electron chi connectivity index (χ0n) is 9.95. The molecule has 0 spiro atoms. The van der Waals surface area contributed by atoms with Crippen molar-refractivity contribution >= 4 is 22.4 Å². The Morgan fingerprint density at radius 3 is 2.65 bits per heavy atom. The number of nitrogens with two attached hydrogens (primary N) is 1. The topological polar surface area (TPSA) is 25.8 Å². The summed E-state index contributed by atoms with van der Waals surface area (Å²) in [7, 11) is 0. The normalized spacial score (nSPS) is 10.7. The van der Waals surface area contributed by atoms with E-state index in [-0.39, 0.29) is 0 Å². The van der Waals surface area contributed by atoms with Crippen molar-refractivity contribution in [2.75, 3.05) is 19.7 Å². The molecule has 0 radical (unpaired) electrons. The second-order valence-electron chi connectivity index (χ2n) is 3.93. The molecule has 0 aliphatic carbocycles. The lowest BCUT2D eigenvalue weighted by Crippen LogP contribution is -2.84. The predicted octanol–water partition coefficient (Wildman–Crippen LogP) is 2.46. The number of likely N-dealkylation sites (N-methyl/N-ethyl adjacent to an activating group) is 1. The first-order valence-electron chi connectivity index (χ1n) is 5.94. The monoisotopic (exact) mass is 250 g/mol. The first-order valence-corrected chi connectivity index (χ1v) is 6.32. The highest BCUT2D eigenvalue weighted by Crippen LogP contribution is 2.30. The molecule has 2 rings (SSSR count). The third kappa shape index (κ3) is 2.90. The Morgan fingerprint density at radius 2 is 1.88 bits per heavy atom. The number of fused-ring (bicyclic) bond motifs is 1. The molecule has 2 nitrogen and oxygen atoms in total. The maximum Gasteiger partial charge on any atom is 0.137 e. The van der Waals surface area contributed by atoms with Crippen molar-refractivity contribution in [2.24, 2.45) is 0 Å². The summed E-state index contributed by atoms with van der Waals surface area (Å²) in [6.45, 7) is 4.93. The first-order chi connectivity index (χ1) is 8.33. The van der Waals surface area contributed by atoms with Crippen molar-refractivity contribution in [3.8, 4) is 5.75 Å². The number of quaternary nitrogens is 1. The van der Waals surface area contributed by atoms with Crippen molar-refractivity contribution in [1.82, 2.24) is 0 Å². The predicted molar refractivity (Wildman–Crippen MR) is 71.8 cm³/mol.